The van der Waals surface area contributed by atoms with Crippen molar-refractivity contribution in [2.24, 2.45) is 0 Å². The van der Waals surface area contributed by atoms with Gasteiger partial charge in [0, 0.05) is 19.6 Å². The summed E-state index contributed by atoms with van der Waals surface area (Å²) in [6.07, 6.45) is 0.153. The van der Waals surface area contributed by atoms with Crippen molar-refractivity contribution < 1.29 is 9.47 Å². The molecule has 0 amide bonds. The lowest BCUT2D eigenvalue weighted by Gasteiger charge is -2.20. The second-order valence-electron chi connectivity index (χ2n) is 7.35. The lowest BCUT2D eigenvalue weighted by atomic mass is 10.2. The first-order chi connectivity index (χ1) is 13.9. The summed E-state index contributed by atoms with van der Waals surface area (Å²) in [5.41, 5.74) is 3.73. The molecular weight excluding hydrogens is 346 g/mol. The number of hydrogen-bond donors (Lipinski definition) is 0. The van der Waals surface area contributed by atoms with Crippen LogP contribution in [0.2, 0.25) is 0 Å². The van der Waals surface area contributed by atoms with Gasteiger partial charge in [0.2, 0.25) is 0 Å². The van der Waals surface area contributed by atoms with E-state index >= 15 is 0 Å². The van der Waals surface area contributed by atoms with Crippen LogP contribution in [0.25, 0.3) is 0 Å². The molecule has 0 N–H and O–H groups in total. The zero-order valence-electron chi connectivity index (χ0n) is 16.1. The predicted molar refractivity (Wildman–Crippen MR) is 112 cm³/mol. The maximum Gasteiger partial charge on any atom is 0.0980 e. The minimum Gasteiger partial charge on any atom is -0.369 e. The molecule has 3 aromatic rings. The van der Waals surface area contributed by atoms with E-state index in [-0.39, 0.29) is 12.2 Å². The van der Waals surface area contributed by atoms with Gasteiger partial charge >= 0.3 is 0 Å². The molecular formula is C25H27NO2. The van der Waals surface area contributed by atoms with Gasteiger partial charge in [-0.1, -0.05) is 91.0 Å². The number of hydrogen-bond acceptors (Lipinski definition) is 3. The number of nitrogens with zero attached hydrogens (tertiary/aromatic N) is 1. The van der Waals surface area contributed by atoms with Crippen LogP contribution in [0.5, 0.6) is 0 Å². The molecule has 28 heavy (non-hydrogen) atoms. The molecule has 1 aliphatic rings. The van der Waals surface area contributed by atoms with Crippen LogP contribution < -0.4 is 0 Å². The second kappa shape index (κ2) is 9.65. The summed E-state index contributed by atoms with van der Waals surface area (Å²) in [5, 5.41) is 0. The standard InChI is InChI=1S/C25H27NO2/c1-4-10-21(11-5-1)16-26-17-24(27-19-22-12-6-2-7-13-22)25(18-26)28-20-23-14-8-3-9-15-23/h1-15,24-25H,16-20H2/t24-,25-/m1/s1. The monoisotopic (exact) mass is 373 g/mol. The Morgan fingerprint density at radius 3 is 1.39 bits per heavy atom. The van der Waals surface area contributed by atoms with Crippen LogP contribution in [0, 0.1) is 0 Å². The van der Waals surface area contributed by atoms with E-state index in [2.05, 4.69) is 83.8 Å². The van der Waals surface area contributed by atoms with Crippen molar-refractivity contribution >= 4 is 0 Å². The summed E-state index contributed by atoms with van der Waals surface area (Å²) < 4.78 is 12.6. The first-order valence-corrected chi connectivity index (χ1v) is 9.94. The molecule has 144 valence electrons. The summed E-state index contributed by atoms with van der Waals surface area (Å²) in [5.74, 6) is 0. The lowest BCUT2D eigenvalue weighted by molar-refractivity contribution is -0.0591. The van der Waals surface area contributed by atoms with Crippen LogP contribution in [-0.2, 0) is 29.2 Å². The van der Waals surface area contributed by atoms with Gasteiger partial charge in [0.15, 0.2) is 0 Å². The maximum absolute atomic E-state index is 6.29. The molecule has 4 rings (SSSR count). The van der Waals surface area contributed by atoms with Crippen molar-refractivity contribution in [3.05, 3.63) is 108 Å². The zero-order valence-corrected chi connectivity index (χ0v) is 16.1. The van der Waals surface area contributed by atoms with E-state index in [4.69, 9.17) is 9.47 Å². The van der Waals surface area contributed by atoms with Crippen molar-refractivity contribution in [2.75, 3.05) is 13.1 Å². The van der Waals surface area contributed by atoms with Crippen molar-refractivity contribution in [3.63, 3.8) is 0 Å². The quantitative estimate of drug-likeness (QED) is 0.573. The molecule has 0 radical (unpaired) electrons. The van der Waals surface area contributed by atoms with Crippen LogP contribution >= 0.6 is 0 Å². The average molecular weight is 373 g/mol. The third kappa shape index (κ3) is 5.29. The van der Waals surface area contributed by atoms with Gasteiger partial charge in [0.25, 0.3) is 0 Å². The third-order valence-electron chi connectivity index (χ3n) is 5.15. The van der Waals surface area contributed by atoms with Gasteiger partial charge in [-0.15, -0.1) is 0 Å². The van der Waals surface area contributed by atoms with Crippen molar-refractivity contribution in [3.8, 4) is 0 Å². The van der Waals surface area contributed by atoms with Crippen LogP contribution in [0.15, 0.2) is 91.0 Å². The van der Waals surface area contributed by atoms with Gasteiger partial charge in [-0.05, 0) is 16.7 Å². The van der Waals surface area contributed by atoms with E-state index in [9.17, 15) is 0 Å². The van der Waals surface area contributed by atoms with Crippen molar-refractivity contribution in [2.45, 2.75) is 32.0 Å². The normalized spacial score (nSPS) is 19.7. The molecule has 1 aliphatic heterocycles. The number of rotatable bonds is 8. The van der Waals surface area contributed by atoms with Crippen molar-refractivity contribution in [1.82, 2.24) is 4.90 Å². The first kappa shape index (κ1) is 18.9. The zero-order chi connectivity index (χ0) is 19.0. The Labute approximate surface area is 167 Å². The summed E-state index contributed by atoms with van der Waals surface area (Å²) in [4.78, 5) is 2.43. The van der Waals surface area contributed by atoms with E-state index in [0.29, 0.717) is 13.2 Å². The van der Waals surface area contributed by atoms with E-state index in [0.717, 1.165) is 19.6 Å². The average Bonchev–Trinajstić information content (AvgIpc) is 3.14. The molecule has 1 fully saturated rings. The Bertz CT molecular complexity index is 771. The number of benzene rings is 3. The van der Waals surface area contributed by atoms with Gasteiger partial charge in [-0.25, -0.2) is 0 Å². The SMILES string of the molecule is c1ccc(CO[C@@H]2CN(Cc3ccccc3)C[C@H]2OCc2ccccc2)cc1. The molecule has 0 saturated carbocycles. The highest BCUT2D eigenvalue weighted by Gasteiger charge is 2.34. The highest BCUT2D eigenvalue weighted by atomic mass is 16.5. The Balaban J connectivity index is 1.39. The molecule has 3 heteroatoms. The first-order valence-electron chi connectivity index (χ1n) is 9.94. The maximum atomic E-state index is 6.29. The molecule has 0 aromatic heterocycles. The molecule has 0 unspecified atom stereocenters. The molecule has 1 saturated heterocycles. The second-order valence-corrected chi connectivity index (χ2v) is 7.35. The molecule has 3 nitrogen and oxygen atoms in total. The fraction of sp³-hybridized carbons (Fsp3) is 0.280. The highest BCUT2D eigenvalue weighted by Crippen LogP contribution is 2.22. The van der Waals surface area contributed by atoms with E-state index < -0.39 is 0 Å². The largest absolute Gasteiger partial charge is 0.369 e. The fourth-order valence-electron chi connectivity index (χ4n) is 3.66. The van der Waals surface area contributed by atoms with Gasteiger partial charge in [-0.3, -0.25) is 4.90 Å². The van der Waals surface area contributed by atoms with E-state index in [1.165, 1.54) is 16.7 Å². The highest BCUT2D eigenvalue weighted by molar-refractivity contribution is 5.16. The minimum atomic E-state index is 0.0765. The Kier molecular flexibility index (Phi) is 6.51. The molecule has 1 heterocycles. The minimum absolute atomic E-state index is 0.0765. The third-order valence-corrected chi connectivity index (χ3v) is 5.15. The van der Waals surface area contributed by atoms with Crippen LogP contribution in [0.4, 0.5) is 0 Å². The molecule has 3 aromatic carbocycles. The topological polar surface area (TPSA) is 21.7 Å². The predicted octanol–water partition coefficient (Wildman–Crippen LogP) is 4.67. The molecule has 0 spiro atoms. The van der Waals surface area contributed by atoms with Crippen LogP contribution in [0.1, 0.15) is 16.7 Å². The number of ether oxygens (including phenoxy) is 2. The van der Waals surface area contributed by atoms with Gasteiger partial charge in [0.1, 0.15) is 0 Å². The van der Waals surface area contributed by atoms with Crippen LogP contribution in [0.3, 0.4) is 0 Å². The fourth-order valence-corrected chi connectivity index (χ4v) is 3.66. The molecule has 0 bridgehead atoms. The Morgan fingerprint density at radius 2 is 0.964 bits per heavy atom. The Hall–Kier alpha value is -2.46. The lowest BCUT2D eigenvalue weighted by Crippen LogP contribution is -2.29. The summed E-state index contributed by atoms with van der Waals surface area (Å²) in [6.45, 7) is 3.95. The molecule has 0 aliphatic carbocycles. The van der Waals surface area contributed by atoms with E-state index in [1.54, 1.807) is 0 Å². The van der Waals surface area contributed by atoms with E-state index in [1.807, 2.05) is 12.1 Å². The summed E-state index contributed by atoms with van der Waals surface area (Å²) >= 11 is 0. The smallest absolute Gasteiger partial charge is 0.0980 e. The van der Waals surface area contributed by atoms with Gasteiger partial charge in [-0.2, -0.15) is 0 Å². The van der Waals surface area contributed by atoms with Crippen LogP contribution in [-0.4, -0.2) is 30.2 Å². The van der Waals surface area contributed by atoms with Gasteiger partial charge in [0.05, 0.1) is 25.4 Å². The Morgan fingerprint density at radius 1 is 0.571 bits per heavy atom. The molecule has 2 atom stereocenters. The summed E-state index contributed by atoms with van der Waals surface area (Å²) in [6, 6.07) is 31.3. The van der Waals surface area contributed by atoms with Crippen molar-refractivity contribution in [1.29, 1.82) is 0 Å². The number of likely N-dealkylation sites (tertiary alicyclic amines) is 1. The van der Waals surface area contributed by atoms with Gasteiger partial charge < -0.3 is 9.47 Å². The summed E-state index contributed by atoms with van der Waals surface area (Å²) in [7, 11) is 0.